The van der Waals surface area contributed by atoms with Crippen LogP contribution in [-0.2, 0) is 25.7 Å². The molecule has 128 valence electrons. The molecule has 2 aliphatic rings. The molecule has 6 heteroatoms. The molecule has 0 radical (unpaired) electrons. The van der Waals surface area contributed by atoms with Gasteiger partial charge in [0, 0.05) is 0 Å². The minimum absolute atomic E-state index is 0.0213. The van der Waals surface area contributed by atoms with E-state index in [9.17, 15) is 18.8 Å². The van der Waals surface area contributed by atoms with E-state index in [0.29, 0.717) is 18.4 Å². The maximum Gasteiger partial charge on any atom is 0.329 e. The number of benzene rings is 1. The lowest BCUT2D eigenvalue weighted by Gasteiger charge is -2.21. The Morgan fingerprint density at radius 2 is 1.71 bits per heavy atom. The number of rotatable bonds is 4. The van der Waals surface area contributed by atoms with E-state index in [0.717, 1.165) is 17.7 Å². The Labute approximate surface area is 139 Å². The van der Waals surface area contributed by atoms with Crippen LogP contribution in [0.3, 0.4) is 0 Å². The highest BCUT2D eigenvalue weighted by Gasteiger charge is 2.51. The van der Waals surface area contributed by atoms with Gasteiger partial charge in [0.05, 0.1) is 11.8 Å². The van der Waals surface area contributed by atoms with Crippen molar-refractivity contribution in [2.75, 3.05) is 0 Å². The van der Waals surface area contributed by atoms with Gasteiger partial charge >= 0.3 is 5.97 Å². The van der Waals surface area contributed by atoms with Crippen LogP contribution in [0.2, 0.25) is 0 Å². The van der Waals surface area contributed by atoms with E-state index in [1.165, 1.54) is 31.2 Å². The lowest BCUT2D eigenvalue weighted by molar-refractivity contribution is -0.159. The molecule has 0 bridgehead atoms. The quantitative estimate of drug-likeness (QED) is 0.627. The minimum atomic E-state index is -0.934. The van der Waals surface area contributed by atoms with Gasteiger partial charge in [-0.1, -0.05) is 25.0 Å². The average molecular weight is 333 g/mol. The highest BCUT2D eigenvalue weighted by molar-refractivity contribution is 6.07. The number of ether oxygens (including phenoxy) is 1. The van der Waals surface area contributed by atoms with Crippen molar-refractivity contribution in [2.24, 2.45) is 11.8 Å². The summed E-state index contributed by atoms with van der Waals surface area (Å²) in [7, 11) is 0. The second-order valence-corrected chi connectivity index (χ2v) is 6.45. The van der Waals surface area contributed by atoms with Gasteiger partial charge in [-0.15, -0.1) is 0 Å². The molecule has 1 saturated heterocycles. The molecule has 2 amide bonds. The Morgan fingerprint density at radius 1 is 1.17 bits per heavy atom. The summed E-state index contributed by atoms with van der Waals surface area (Å²) in [5.41, 5.74) is 0.643. The fourth-order valence-corrected chi connectivity index (χ4v) is 3.53. The zero-order valence-corrected chi connectivity index (χ0v) is 13.5. The molecule has 0 spiro atoms. The number of halogens is 1. The van der Waals surface area contributed by atoms with Crippen LogP contribution in [0.5, 0.6) is 0 Å². The molecule has 1 aliphatic carbocycles. The number of likely N-dealkylation sites (tertiary alicyclic amines) is 1. The zero-order valence-electron chi connectivity index (χ0n) is 13.5. The smallest absolute Gasteiger partial charge is 0.329 e. The third kappa shape index (κ3) is 3.05. The van der Waals surface area contributed by atoms with Crippen LogP contribution >= 0.6 is 0 Å². The van der Waals surface area contributed by atoms with Crippen molar-refractivity contribution >= 4 is 17.8 Å². The minimum Gasteiger partial charge on any atom is -0.459 e. The summed E-state index contributed by atoms with van der Waals surface area (Å²) in [6, 6.07) is 4.67. The number of nitrogens with zero attached hydrogens (tertiary/aromatic N) is 1. The van der Waals surface area contributed by atoms with Crippen molar-refractivity contribution in [2.45, 2.75) is 45.3 Å². The molecule has 1 saturated carbocycles. The summed E-state index contributed by atoms with van der Waals surface area (Å²) in [6.45, 7) is 1.49. The molecule has 3 atom stereocenters. The molecule has 24 heavy (non-hydrogen) atoms. The van der Waals surface area contributed by atoms with Crippen LogP contribution in [0, 0.1) is 17.7 Å². The SMILES string of the molecule is CC(C(=O)OCc1ccc(F)cc1)N1C(=O)C2CCCCC2C1=O. The molecule has 3 unspecified atom stereocenters. The van der Waals surface area contributed by atoms with Gasteiger partial charge in [-0.2, -0.15) is 0 Å². The van der Waals surface area contributed by atoms with Crippen LogP contribution in [-0.4, -0.2) is 28.7 Å². The van der Waals surface area contributed by atoms with Crippen LogP contribution in [0.15, 0.2) is 24.3 Å². The van der Waals surface area contributed by atoms with E-state index in [1.54, 1.807) is 0 Å². The Kier molecular flexibility index (Phi) is 4.64. The molecule has 0 aromatic heterocycles. The Morgan fingerprint density at radius 3 is 2.25 bits per heavy atom. The van der Waals surface area contributed by atoms with E-state index in [1.807, 2.05) is 0 Å². The number of hydrogen-bond donors (Lipinski definition) is 0. The highest BCUT2D eigenvalue weighted by Crippen LogP contribution is 2.38. The van der Waals surface area contributed by atoms with Gasteiger partial charge in [0.25, 0.3) is 0 Å². The van der Waals surface area contributed by atoms with Gasteiger partial charge < -0.3 is 4.74 Å². The standard InChI is InChI=1S/C18H20FNO4/c1-11(18(23)24-10-12-6-8-13(19)9-7-12)20-16(21)14-4-2-3-5-15(14)17(20)22/h6-9,11,14-15H,2-5,10H2,1H3. The van der Waals surface area contributed by atoms with E-state index >= 15 is 0 Å². The number of esters is 1. The van der Waals surface area contributed by atoms with Gasteiger partial charge in [-0.05, 0) is 37.5 Å². The Bertz CT molecular complexity index is 633. The first-order valence-electron chi connectivity index (χ1n) is 8.27. The van der Waals surface area contributed by atoms with Crippen molar-refractivity contribution < 1.29 is 23.5 Å². The van der Waals surface area contributed by atoms with Gasteiger partial charge in [0.2, 0.25) is 11.8 Å². The van der Waals surface area contributed by atoms with Gasteiger partial charge in [-0.3, -0.25) is 14.5 Å². The molecule has 2 fully saturated rings. The topological polar surface area (TPSA) is 63.7 Å². The second kappa shape index (κ2) is 6.71. The summed E-state index contributed by atoms with van der Waals surface area (Å²) in [5, 5.41) is 0. The molecule has 0 N–H and O–H groups in total. The summed E-state index contributed by atoms with van der Waals surface area (Å²) in [4.78, 5) is 38.2. The maximum atomic E-state index is 12.9. The lowest BCUT2D eigenvalue weighted by Crippen LogP contribution is -2.44. The van der Waals surface area contributed by atoms with Gasteiger partial charge in [0.15, 0.2) is 0 Å². The molecule has 1 aromatic rings. The van der Waals surface area contributed by atoms with Crippen molar-refractivity contribution in [3.05, 3.63) is 35.6 Å². The van der Waals surface area contributed by atoms with Gasteiger partial charge in [0.1, 0.15) is 18.5 Å². The summed E-state index contributed by atoms with van der Waals surface area (Å²) in [6.07, 6.45) is 3.31. The van der Waals surface area contributed by atoms with Crippen LogP contribution < -0.4 is 0 Å². The van der Waals surface area contributed by atoms with Crippen LogP contribution in [0.1, 0.15) is 38.2 Å². The third-order valence-electron chi connectivity index (χ3n) is 4.90. The molecule has 5 nitrogen and oxygen atoms in total. The number of hydrogen-bond acceptors (Lipinski definition) is 4. The van der Waals surface area contributed by atoms with E-state index in [4.69, 9.17) is 4.74 Å². The Hall–Kier alpha value is -2.24. The van der Waals surface area contributed by atoms with Crippen molar-refractivity contribution in [1.29, 1.82) is 0 Å². The van der Waals surface area contributed by atoms with Crippen LogP contribution in [0.25, 0.3) is 0 Å². The largest absolute Gasteiger partial charge is 0.459 e. The number of amides is 2. The fraction of sp³-hybridized carbons (Fsp3) is 0.500. The summed E-state index contributed by atoms with van der Waals surface area (Å²) >= 11 is 0. The molecule has 3 rings (SSSR count). The maximum absolute atomic E-state index is 12.9. The first-order valence-corrected chi connectivity index (χ1v) is 8.27. The zero-order chi connectivity index (χ0) is 17.3. The first-order chi connectivity index (χ1) is 11.5. The number of fused-ring (bicyclic) bond motifs is 1. The number of carbonyl (C=O) groups is 3. The third-order valence-corrected chi connectivity index (χ3v) is 4.90. The lowest BCUT2D eigenvalue weighted by atomic mass is 9.81. The predicted octanol–water partition coefficient (Wildman–Crippen LogP) is 2.43. The number of imide groups is 1. The monoisotopic (exact) mass is 333 g/mol. The molecule has 1 heterocycles. The fourth-order valence-electron chi connectivity index (χ4n) is 3.53. The second-order valence-electron chi connectivity index (χ2n) is 6.45. The normalized spacial score (nSPS) is 24.7. The predicted molar refractivity (Wildman–Crippen MR) is 83.0 cm³/mol. The summed E-state index contributed by atoms with van der Waals surface area (Å²) < 4.78 is 18.0. The van der Waals surface area contributed by atoms with Crippen molar-refractivity contribution in [3.8, 4) is 0 Å². The van der Waals surface area contributed by atoms with Crippen molar-refractivity contribution in [1.82, 2.24) is 4.90 Å². The molecular weight excluding hydrogens is 313 g/mol. The average Bonchev–Trinajstić information content (AvgIpc) is 2.85. The molecule has 1 aromatic carbocycles. The van der Waals surface area contributed by atoms with Crippen molar-refractivity contribution in [3.63, 3.8) is 0 Å². The van der Waals surface area contributed by atoms with Crippen LogP contribution in [0.4, 0.5) is 4.39 Å². The first kappa shape index (κ1) is 16.6. The molecular formula is C18H20FNO4. The van der Waals surface area contributed by atoms with E-state index in [-0.39, 0.29) is 36.1 Å². The van der Waals surface area contributed by atoms with Gasteiger partial charge in [-0.25, -0.2) is 9.18 Å². The van der Waals surface area contributed by atoms with E-state index < -0.39 is 12.0 Å². The summed E-state index contributed by atoms with van der Waals surface area (Å²) in [5.74, 6) is -2.06. The molecule has 1 aliphatic heterocycles. The highest BCUT2D eigenvalue weighted by atomic mass is 19.1. The number of carbonyl (C=O) groups excluding carboxylic acids is 3. The Balaban J connectivity index is 1.63. The van der Waals surface area contributed by atoms with E-state index in [2.05, 4.69) is 0 Å².